The van der Waals surface area contributed by atoms with Gasteiger partial charge in [0.25, 0.3) is 5.91 Å². The number of rotatable bonds is 8. The lowest BCUT2D eigenvalue weighted by atomic mass is 9.86. The quantitative estimate of drug-likeness (QED) is 0.446. The first-order valence-electron chi connectivity index (χ1n) is 12.3. The Morgan fingerprint density at radius 2 is 1.89 bits per heavy atom. The van der Waals surface area contributed by atoms with Crippen molar-refractivity contribution in [3.63, 3.8) is 0 Å². The van der Waals surface area contributed by atoms with Crippen LogP contribution in [0.15, 0.2) is 41.8 Å². The minimum atomic E-state index is -0.762. The van der Waals surface area contributed by atoms with Gasteiger partial charge >= 0.3 is 5.97 Å². The molecule has 0 saturated heterocycles. The van der Waals surface area contributed by atoms with Crippen LogP contribution < -0.4 is 10.2 Å². The number of aliphatic carboxylic acids is 1. The van der Waals surface area contributed by atoms with Gasteiger partial charge in [-0.1, -0.05) is 26.0 Å². The first-order chi connectivity index (χ1) is 16.8. The van der Waals surface area contributed by atoms with Crippen LogP contribution in [0.2, 0.25) is 0 Å². The summed E-state index contributed by atoms with van der Waals surface area (Å²) in [6, 6.07) is 11.8. The maximum atomic E-state index is 13.5. The summed E-state index contributed by atoms with van der Waals surface area (Å²) >= 11 is 1.54. The Morgan fingerprint density at radius 1 is 1.14 bits per heavy atom. The van der Waals surface area contributed by atoms with Gasteiger partial charge in [0.05, 0.1) is 16.1 Å². The highest BCUT2D eigenvalue weighted by Crippen LogP contribution is 2.28. The molecule has 186 valence electrons. The largest absolute Gasteiger partial charge is 0.481 e. The van der Waals surface area contributed by atoms with E-state index in [2.05, 4.69) is 31.3 Å². The van der Waals surface area contributed by atoms with Crippen LogP contribution in [0.5, 0.6) is 0 Å². The number of carbonyl (C=O) groups is 3. The summed E-state index contributed by atoms with van der Waals surface area (Å²) in [5.41, 5.74) is 3.37. The molecule has 35 heavy (non-hydrogen) atoms. The number of hydrogen-bond donors (Lipinski definition) is 2. The van der Waals surface area contributed by atoms with Crippen molar-refractivity contribution < 1.29 is 19.5 Å². The maximum Gasteiger partial charge on any atom is 0.306 e. The highest BCUT2D eigenvalue weighted by Gasteiger charge is 2.28. The van der Waals surface area contributed by atoms with Crippen LogP contribution in [-0.2, 0) is 16.1 Å². The molecule has 2 heterocycles. The fraction of sp³-hybridized carbons (Fsp3) is 0.444. The van der Waals surface area contributed by atoms with E-state index < -0.39 is 5.97 Å². The molecule has 1 fully saturated rings. The molecule has 1 saturated carbocycles. The Morgan fingerprint density at radius 3 is 2.54 bits per heavy atom. The van der Waals surface area contributed by atoms with Crippen molar-refractivity contribution in [2.45, 2.75) is 65.0 Å². The number of nitrogens with one attached hydrogen (secondary N) is 1. The Kier molecular flexibility index (Phi) is 7.60. The van der Waals surface area contributed by atoms with E-state index in [0.29, 0.717) is 43.8 Å². The van der Waals surface area contributed by atoms with Gasteiger partial charge in [0.15, 0.2) is 0 Å². The van der Waals surface area contributed by atoms with Gasteiger partial charge in [-0.25, -0.2) is 0 Å². The van der Waals surface area contributed by atoms with Crippen molar-refractivity contribution in [3.8, 4) is 0 Å². The predicted molar refractivity (Wildman–Crippen MR) is 139 cm³/mol. The molecule has 2 N–H and O–H groups in total. The molecule has 1 aliphatic rings. The third kappa shape index (κ3) is 5.42. The van der Waals surface area contributed by atoms with E-state index in [9.17, 15) is 19.5 Å². The van der Waals surface area contributed by atoms with Gasteiger partial charge in [-0.3, -0.25) is 14.4 Å². The third-order valence-corrected chi connectivity index (χ3v) is 7.78. The Labute approximate surface area is 209 Å². The minimum absolute atomic E-state index is 0.0545. The van der Waals surface area contributed by atoms with Crippen LogP contribution in [0.1, 0.15) is 68.4 Å². The number of anilines is 1. The molecule has 0 radical (unpaired) electrons. The third-order valence-electron chi connectivity index (χ3n) is 6.93. The number of fused-ring (bicyclic) bond motifs is 1. The standard InChI is InChI=1S/C27H33N3O4S/c1-4-29(21-7-5-6-19(14-21)17(2)3)25(31)16-30-22-12-13-35-24(22)15-23(30)26(32)28-20-10-8-18(9-11-20)27(33)34/h5-7,12-15,17-18,20H,4,8-11,16H2,1-3H3,(H,28,32)(H,33,34)/t18-,20-. The van der Waals surface area contributed by atoms with E-state index in [1.165, 1.54) is 5.56 Å². The number of carboxylic acid groups (broad SMARTS) is 1. The molecule has 8 heteroatoms. The molecular weight excluding hydrogens is 462 g/mol. The monoisotopic (exact) mass is 495 g/mol. The summed E-state index contributed by atoms with van der Waals surface area (Å²) in [4.78, 5) is 39.7. The number of hydrogen-bond acceptors (Lipinski definition) is 4. The van der Waals surface area contributed by atoms with E-state index in [1.807, 2.05) is 36.6 Å². The average Bonchev–Trinajstić information content (AvgIpc) is 3.43. The van der Waals surface area contributed by atoms with Gasteiger partial charge in [0.2, 0.25) is 5.91 Å². The molecule has 1 aromatic carbocycles. The van der Waals surface area contributed by atoms with Crippen molar-refractivity contribution in [1.29, 1.82) is 0 Å². The molecule has 7 nitrogen and oxygen atoms in total. The van der Waals surface area contributed by atoms with E-state index in [-0.39, 0.29) is 30.3 Å². The Balaban J connectivity index is 1.54. The summed E-state index contributed by atoms with van der Waals surface area (Å²) in [6.07, 6.45) is 2.42. The molecule has 0 bridgehead atoms. The van der Waals surface area contributed by atoms with Crippen LogP contribution in [0, 0.1) is 5.92 Å². The summed E-state index contributed by atoms with van der Waals surface area (Å²) in [5.74, 6) is -1.02. The predicted octanol–water partition coefficient (Wildman–Crippen LogP) is 5.25. The zero-order chi connectivity index (χ0) is 25.1. The van der Waals surface area contributed by atoms with Crippen LogP contribution in [0.4, 0.5) is 5.69 Å². The summed E-state index contributed by atoms with van der Waals surface area (Å²) in [7, 11) is 0. The van der Waals surface area contributed by atoms with Crippen LogP contribution >= 0.6 is 11.3 Å². The summed E-state index contributed by atoms with van der Waals surface area (Å²) in [5, 5.41) is 14.3. The molecule has 3 aromatic rings. The normalized spacial score (nSPS) is 18.1. The molecular formula is C27H33N3O4S. The number of amides is 2. The molecule has 0 spiro atoms. The Hall–Kier alpha value is -3.13. The molecule has 0 aliphatic heterocycles. The van der Waals surface area contributed by atoms with Crippen molar-refractivity contribution in [2.24, 2.45) is 5.92 Å². The Bertz CT molecular complexity index is 1220. The number of nitrogens with zero attached hydrogens (tertiary/aromatic N) is 2. The molecule has 2 amide bonds. The SMILES string of the molecule is CCN(C(=O)Cn1c(C(=O)N[C@H]2CC[C@H](C(=O)O)CC2)cc2sccc21)c1cccc(C(C)C)c1. The van der Waals surface area contributed by atoms with Gasteiger partial charge in [-0.15, -0.1) is 11.3 Å². The van der Waals surface area contributed by atoms with E-state index in [1.54, 1.807) is 20.8 Å². The maximum absolute atomic E-state index is 13.5. The van der Waals surface area contributed by atoms with Crippen molar-refractivity contribution in [3.05, 3.63) is 53.0 Å². The zero-order valence-electron chi connectivity index (χ0n) is 20.5. The zero-order valence-corrected chi connectivity index (χ0v) is 21.3. The second-order valence-corrected chi connectivity index (χ2v) is 10.5. The number of benzene rings is 1. The van der Waals surface area contributed by atoms with Crippen molar-refractivity contribution in [2.75, 3.05) is 11.4 Å². The second-order valence-electron chi connectivity index (χ2n) is 9.53. The smallest absolute Gasteiger partial charge is 0.306 e. The number of carbonyl (C=O) groups excluding carboxylic acids is 2. The lowest BCUT2D eigenvalue weighted by molar-refractivity contribution is -0.142. The first-order valence-corrected chi connectivity index (χ1v) is 13.2. The molecule has 2 aromatic heterocycles. The van der Waals surface area contributed by atoms with Gasteiger partial charge < -0.3 is 19.9 Å². The van der Waals surface area contributed by atoms with E-state index in [0.717, 1.165) is 15.9 Å². The highest BCUT2D eigenvalue weighted by atomic mass is 32.1. The highest BCUT2D eigenvalue weighted by molar-refractivity contribution is 7.17. The first kappa shape index (κ1) is 25.0. The van der Waals surface area contributed by atoms with Gasteiger partial charge in [-0.05, 0) is 73.7 Å². The summed E-state index contributed by atoms with van der Waals surface area (Å²) < 4.78 is 2.77. The number of aromatic nitrogens is 1. The van der Waals surface area contributed by atoms with Crippen molar-refractivity contribution >= 4 is 45.0 Å². The number of carboxylic acids is 1. The van der Waals surface area contributed by atoms with E-state index in [4.69, 9.17) is 0 Å². The molecule has 4 rings (SSSR count). The molecule has 0 atom stereocenters. The topological polar surface area (TPSA) is 91.6 Å². The average molecular weight is 496 g/mol. The fourth-order valence-corrected chi connectivity index (χ4v) is 5.68. The van der Waals surface area contributed by atoms with E-state index >= 15 is 0 Å². The van der Waals surface area contributed by atoms with Crippen LogP contribution in [0.3, 0.4) is 0 Å². The number of thiophene rings is 1. The molecule has 0 unspecified atom stereocenters. The number of likely N-dealkylation sites (N-methyl/N-ethyl adjacent to an activating group) is 1. The second kappa shape index (κ2) is 10.6. The fourth-order valence-electron chi connectivity index (χ4n) is 4.85. The van der Waals surface area contributed by atoms with Gasteiger partial charge in [-0.2, -0.15) is 0 Å². The summed E-state index contributed by atoms with van der Waals surface area (Å²) in [6.45, 7) is 6.81. The lowest BCUT2D eigenvalue weighted by Crippen LogP contribution is -2.40. The lowest BCUT2D eigenvalue weighted by Gasteiger charge is -2.27. The minimum Gasteiger partial charge on any atom is -0.481 e. The van der Waals surface area contributed by atoms with Gasteiger partial charge in [0.1, 0.15) is 12.2 Å². The molecule has 1 aliphatic carbocycles. The van der Waals surface area contributed by atoms with Gasteiger partial charge in [0, 0.05) is 18.3 Å². The van der Waals surface area contributed by atoms with Crippen LogP contribution in [-0.4, -0.2) is 40.0 Å². The van der Waals surface area contributed by atoms with Crippen LogP contribution in [0.25, 0.3) is 10.2 Å². The van der Waals surface area contributed by atoms with Crippen molar-refractivity contribution in [1.82, 2.24) is 9.88 Å².